The van der Waals surface area contributed by atoms with Crippen molar-refractivity contribution in [1.29, 1.82) is 0 Å². The molecule has 4 nitrogen and oxygen atoms in total. The molecule has 0 saturated heterocycles. The van der Waals surface area contributed by atoms with Crippen LogP contribution in [0.15, 0.2) is 55.1 Å². The van der Waals surface area contributed by atoms with E-state index in [2.05, 4.69) is 11.9 Å². The first-order valence-electron chi connectivity index (χ1n) is 7.16. The number of esters is 1. The molecule has 0 aliphatic heterocycles. The minimum absolute atomic E-state index is 0.143. The van der Waals surface area contributed by atoms with Gasteiger partial charge in [0, 0.05) is 6.54 Å². The van der Waals surface area contributed by atoms with Gasteiger partial charge in [0.25, 0.3) is 5.91 Å². The highest BCUT2D eigenvalue weighted by molar-refractivity contribution is 5.86. The van der Waals surface area contributed by atoms with E-state index in [1.165, 1.54) is 0 Å². The van der Waals surface area contributed by atoms with Gasteiger partial charge in [0.1, 0.15) is 0 Å². The second-order valence-electron chi connectivity index (χ2n) is 5.02. The Balaban J connectivity index is 1.95. The van der Waals surface area contributed by atoms with Crippen molar-refractivity contribution in [3.63, 3.8) is 0 Å². The zero-order valence-corrected chi connectivity index (χ0v) is 12.5. The third kappa shape index (κ3) is 4.19. The quantitative estimate of drug-likeness (QED) is 0.658. The highest BCUT2D eigenvalue weighted by atomic mass is 16.5. The Hall–Kier alpha value is -2.62. The average Bonchev–Trinajstić information content (AvgIpc) is 2.52. The highest BCUT2D eigenvalue weighted by Crippen LogP contribution is 2.16. The van der Waals surface area contributed by atoms with Crippen LogP contribution in [0.4, 0.5) is 0 Å². The second kappa shape index (κ2) is 7.41. The number of nitrogens with one attached hydrogen (secondary N) is 1. The van der Waals surface area contributed by atoms with Crippen LogP contribution in [-0.2, 0) is 20.7 Å². The topological polar surface area (TPSA) is 55.4 Å². The van der Waals surface area contributed by atoms with E-state index >= 15 is 0 Å². The van der Waals surface area contributed by atoms with Gasteiger partial charge in [-0.3, -0.25) is 9.59 Å². The molecule has 1 N–H and O–H groups in total. The molecule has 0 heterocycles. The summed E-state index contributed by atoms with van der Waals surface area (Å²) in [6, 6.07) is 13.8. The smallest absolute Gasteiger partial charge is 0.311 e. The molecule has 0 fully saturated rings. The molecule has 1 amide bonds. The molecule has 0 radical (unpaired) electrons. The van der Waals surface area contributed by atoms with Gasteiger partial charge < -0.3 is 10.1 Å². The van der Waals surface area contributed by atoms with E-state index in [9.17, 15) is 9.59 Å². The maximum Gasteiger partial charge on any atom is 0.311 e. The van der Waals surface area contributed by atoms with Crippen molar-refractivity contribution in [3.05, 3.63) is 60.7 Å². The maximum atomic E-state index is 11.9. The zero-order valence-electron chi connectivity index (χ0n) is 12.5. The van der Waals surface area contributed by atoms with Crippen molar-refractivity contribution in [2.24, 2.45) is 0 Å². The molecule has 2 aromatic rings. The van der Waals surface area contributed by atoms with Gasteiger partial charge in [-0.15, -0.1) is 6.58 Å². The average molecular weight is 297 g/mol. The molecule has 0 saturated carbocycles. The molecule has 114 valence electrons. The van der Waals surface area contributed by atoms with E-state index in [1.54, 1.807) is 13.0 Å². The van der Waals surface area contributed by atoms with Crippen LogP contribution in [0.25, 0.3) is 10.8 Å². The number of fused-ring (bicyclic) bond motifs is 1. The van der Waals surface area contributed by atoms with E-state index in [4.69, 9.17) is 4.74 Å². The summed E-state index contributed by atoms with van der Waals surface area (Å²) in [6.45, 7) is 5.42. The van der Waals surface area contributed by atoms with E-state index in [1.807, 2.05) is 42.5 Å². The van der Waals surface area contributed by atoms with Crippen LogP contribution >= 0.6 is 0 Å². The van der Waals surface area contributed by atoms with Crippen LogP contribution in [0.1, 0.15) is 12.5 Å². The number of benzene rings is 2. The number of carbonyl (C=O) groups is 2. The largest absolute Gasteiger partial charge is 0.452 e. The Bertz CT molecular complexity index is 694. The Labute approximate surface area is 129 Å². The minimum Gasteiger partial charge on any atom is -0.452 e. The second-order valence-corrected chi connectivity index (χ2v) is 5.02. The lowest BCUT2D eigenvalue weighted by Gasteiger charge is -2.13. The first kappa shape index (κ1) is 15.8. The summed E-state index contributed by atoms with van der Waals surface area (Å²) < 4.78 is 5.14. The fourth-order valence-corrected chi connectivity index (χ4v) is 2.12. The van der Waals surface area contributed by atoms with Gasteiger partial charge >= 0.3 is 5.97 Å². The van der Waals surface area contributed by atoms with Gasteiger partial charge in [0.05, 0.1) is 6.42 Å². The van der Waals surface area contributed by atoms with Gasteiger partial charge in [-0.05, 0) is 23.3 Å². The SMILES string of the molecule is C=CCNC(=O)[C@H](C)OC(=O)Cc1ccc2ccccc2c1. The van der Waals surface area contributed by atoms with Crippen molar-refractivity contribution >= 4 is 22.6 Å². The molecule has 4 heteroatoms. The van der Waals surface area contributed by atoms with Crippen molar-refractivity contribution in [2.45, 2.75) is 19.4 Å². The molecule has 0 bridgehead atoms. The maximum absolute atomic E-state index is 11.9. The summed E-state index contributed by atoms with van der Waals surface area (Å²) in [7, 11) is 0. The monoisotopic (exact) mass is 297 g/mol. The van der Waals surface area contributed by atoms with Crippen LogP contribution in [0, 0.1) is 0 Å². The predicted octanol–water partition coefficient (Wildman–Crippen LogP) is 2.62. The molecule has 0 aromatic heterocycles. The van der Waals surface area contributed by atoms with Crippen molar-refractivity contribution in [2.75, 3.05) is 6.54 Å². The van der Waals surface area contributed by atoms with E-state index < -0.39 is 12.1 Å². The Morgan fingerprint density at radius 2 is 1.95 bits per heavy atom. The fraction of sp³-hybridized carbons (Fsp3) is 0.222. The van der Waals surface area contributed by atoms with E-state index in [-0.39, 0.29) is 12.3 Å². The number of hydrogen-bond acceptors (Lipinski definition) is 3. The zero-order chi connectivity index (χ0) is 15.9. The van der Waals surface area contributed by atoms with E-state index in [0.717, 1.165) is 16.3 Å². The summed E-state index contributed by atoms with van der Waals surface area (Å²) in [5.41, 5.74) is 0.863. The molecular formula is C18H19NO3. The molecule has 1 atom stereocenters. The van der Waals surface area contributed by atoms with Gasteiger partial charge in [-0.25, -0.2) is 0 Å². The summed E-state index contributed by atoms with van der Waals surface area (Å²) in [5, 5.41) is 4.79. The molecule has 0 spiro atoms. The number of rotatable bonds is 6. The summed E-state index contributed by atoms with van der Waals surface area (Å²) >= 11 is 0. The molecule has 22 heavy (non-hydrogen) atoms. The standard InChI is InChI=1S/C18H19NO3/c1-3-10-19-18(21)13(2)22-17(20)12-14-8-9-15-6-4-5-7-16(15)11-14/h3-9,11,13H,1,10,12H2,2H3,(H,19,21)/t13-/m0/s1. The van der Waals surface area contributed by atoms with Gasteiger partial charge in [-0.1, -0.05) is 48.5 Å². The van der Waals surface area contributed by atoms with Crippen molar-refractivity contribution in [3.8, 4) is 0 Å². The summed E-state index contributed by atoms with van der Waals surface area (Å²) in [5.74, 6) is -0.747. The predicted molar refractivity (Wildman–Crippen MR) is 86.4 cm³/mol. The van der Waals surface area contributed by atoms with Crippen LogP contribution in [-0.4, -0.2) is 24.5 Å². The van der Waals surface area contributed by atoms with Gasteiger partial charge in [0.15, 0.2) is 6.10 Å². The lowest BCUT2D eigenvalue weighted by atomic mass is 10.1. The minimum atomic E-state index is -0.812. The Kier molecular flexibility index (Phi) is 5.31. The molecule has 0 unspecified atom stereocenters. The third-order valence-electron chi connectivity index (χ3n) is 3.26. The van der Waals surface area contributed by atoms with Gasteiger partial charge in [-0.2, -0.15) is 0 Å². The van der Waals surface area contributed by atoms with Crippen LogP contribution in [0.5, 0.6) is 0 Å². The van der Waals surface area contributed by atoms with Crippen LogP contribution in [0.2, 0.25) is 0 Å². The molecule has 0 aliphatic rings. The lowest BCUT2D eigenvalue weighted by molar-refractivity contribution is -0.154. The third-order valence-corrected chi connectivity index (χ3v) is 3.26. The number of ether oxygens (including phenoxy) is 1. The molecule has 0 aliphatic carbocycles. The van der Waals surface area contributed by atoms with Crippen LogP contribution < -0.4 is 5.32 Å². The van der Waals surface area contributed by atoms with Gasteiger partial charge in [0.2, 0.25) is 0 Å². The summed E-state index contributed by atoms with van der Waals surface area (Å²) in [6.07, 6.45) is 0.902. The Morgan fingerprint density at radius 1 is 1.23 bits per heavy atom. The summed E-state index contributed by atoms with van der Waals surface area (Å²) in [4.78, 5) is 23.5. The lowest BCUT2D eigenvalue weighted by Crippen LogP contribution is -2.36. The van der Waals surface area contributed by atoms with Crippen molar-refractivity contribution < 1.29 is 14.3 Å². The number of hydrogen-bond donors (Lipinski definition) is 1. The molecule has 2 aromatic carbocycles. The fourth-order valence-electron chi connectivity index (χ4n) is 2.12. The first-order valence-corrected chi connectivity index (χ1v) is 7.16. The molecule has 2 rings (SSSR count). The van der Waals surface area contributed by atoms with Crippen LogP contribution in [0.3, 0.4) is 0 Å². The normalized spacial score (nSPS) is 11.7. The Morgan fingerprint density at radius 3 is 2.68 bits per heavy atom. The first-order chi connectivity index (χ1) is 10.6. The number of amides is 1. The molecular weight excluding hydrogens is 278 g/mol. The van der Waals surface area contributed by atoms with E-state index in [0.29, 0.717) is 6.54 Å². The highest BCUT2D eigenvalue weighted by Gasteiger charge is 2.17. The number of carbonyl (C=O) groups excluding carboxylic acids is 2. The van der Waals surface area contributed by atoms with Crippen molar-refractivity contribution in [1.82, 2.24) is 5.32 Å².